The summed E-state index contributed by atoms with van der Waals surface area (Å²) in [6, 6.07) is 7.91. The molecule has 1 aromatic rings. The van der Waals surface area contributed by atoms with Gasteiger partial charge in [-0.25, -0.2) is 8.42 Å². The van der Waals surface area contributed by atoms with Gasteiger partial charge in [-0.3, -0.25) is 0 Å². The minimum absolute atomic E-state index is 0.383. The lowest BCUT2D eigenvalue weighted by Crippen LogP contribution is -2.39. The van der Waals surface area contributed by atoms with Crippen molar-refractivity contribution in [3.8, 4) is 0 Å². The number of hydrogen-bond donors (Lipinski definition) is 1. The molecule has 0 saturated carbocycles. The molecular formula is C13H20N2O2S. The van der Waals surface area contributed by atoms with E-state index in [1.807, 2.05) is 31.2 Å². The minimum atomic E-state index is -3.21. The van der Waals surface area contributed by atoms with E-state index in [4.69, 9.17) is 0 Å². The van der Waals surface area contributed by atoms with E-state index >= 15 is 0 Å². The van der Waals surface area contributed by atoms with Gasteiger partial charge in [0.2, 0.25) is 10.0 Å². The maximum absolute atomic E-state index is 12.4. The molecular weight excluding hydrogens is 248 g/mol. The maximum Gasteiger partial charge on any atom is 0.218 e. The molecule has 5 heteroatoms. The summed E-state index contributed by atoms with van der Waals surface area (Å²) in [6.45, 7) is 6.06. The zero-order valence-corrected chi connectivity index (χ0v) is 11.7. The Bertz CT molecular complexity index is 488. The fourth-order valence-corrected chi connectivity index (χ4v) is 3.66. The van der Waals surface area contributed by atoms with Crippen molar-refractivity contribution in [2.75, 3.05) is 13.1 Å². The molecule has 100 valence electrons. The van der Waals surface area contributed by atoms with Crippen LogP contribution in [0.5, 0.6) is 0 Å². The van der Waals surface area contributed by atoms with Crippen molar-refractivity contribution in [3.63, 3.8) is 0 Å². The molecule has 1 atom stereocenters. The molecule has 4 nitrogen and oxygen atoms in total. The smallest absolute Gasteiger partial charge is 0.218 e. The second kappa shape index (κ2) is 5.38. The number of hydrogen-bond acceptors (Lipinski definition) is 3. The first-order valence-corrected chi connectivity index (χ1v) is 7.82. The van der Waals surface area contributed by atoms with Crippen LogP contribution in [-0.2, 0) is 23.1 Å². The molecule has 1 aliphatic heterocycles. The molecule has 0 aromatic heterocycles. The average molecular weight is 268 g/mol. The molecule has 0 saturated heterocycles. The predicted octanol–water partition coefficient (Wildman–Crippen LogP) is 1.33. The van der Waals surface area contributed by atoms with E-state index in [0.29, 0.717) is 19.6 Å². The third kappa shape index (κ3) is 2.58. The Morgan fingerprint density at radius 2 is 1.83 bits per heavy atom. The lowest BCUT2D eigenvalue weighted by molar-refractivity contribution is 0.421. The van der Waals surface area contributed by atoms with E-state index in [9.17, 15) is 8.42 Å². The Morgan fingerprint density at radius 3 is 2.33 bits per heavy atom. The molecule has 18 heavy (non-hydrogen) atoms. The maximum atomic E-state index is 12.4. The zero-order chi connectivity index (χ0) is 13.2. The van der Waals surface area contributed by atoms with Gasteiger partial charge >= 0.3 is 0 Å². The number of benzene rings is 1. The van der Waals surface area contributed by atoms with Crippen LogP contribution < -0.4 is 5.32 Å². The Morgan fingerprint density at radius 1 is 1.28 bits per heavy atom. The summed E-state index contributed by atoms with van der Waals surface area (Å²) in [5.41, 5.74) is 2.24. The average Bonchev–Trinajstić information content (AvgIpc) is 2.80. The van der Waals surface area contributed by atoms with Crippen molar-refractivity contribution in [1.29, 1.82) is 0 Å². The van der Waals surface area contributed by atoms with Gasteiger partial charge in [-0.1, -0.05) is 31.2 Å². The van der Waals surface area contributed by atoms with Gasteiger partial charge in [0, 0.05) is 19.6 Å². The number of rotatable bonds is 5. The first-order valence-electron chi connectivity index (χ1n) is 6.32. The molecule has 1 unspecified atom stereocenters. The molecule has 0 radical (unpaired) electrons. The highest BCUT2D eigenvalue weighted by Gasteiger charge is 2.32. The predicted molar refractivity (Wildman–Crippen MR) is 72.6 cm³/mol. The number of nitrogens with zero attached hydrogens (tertiary/aromatic N) is 1. The monoisotopic (exact) mass is 268 g/mol. The third-order valence-corrected chi connectivity index (χ3v) is 5.52. The molecule has 1 aromatic carbocycles. The van der Waals surface area contributed by atoms with Gasteiger partial charge in [0.15, 0.2) is 0 Å². The van der Waals surface area contributed by atoms with Crippen molar-refractivity contribution >= 4 is 10.0 Å². The Labute approximate surface area is 109 Å². The molecule has 2 rings (SSSR count). The second-order valence-electron chi connectivity index (χ2n) is 4.70. The highest BCUT2D eigenvalue weighted by atomic mass is 32.2. The largest absolute Gasteiger partial charge is 0.316 e. The van der Waals surface area contributed by atoms with Gasteiger partial charge in [0.1, 0.15) is 0 Å². The van der Waals surface area contributed by atoms with Gasteiger partial charge in [-0.15, -0.1) is 0 Å². The van der Waals surface area contributed by atoms with Crippen molar-refractivity contribution < 1.29 is 8.42 Å². The third-order valence-electron chi connectivity index (χ3n) is 3.36. The van der Waals surface area contributed by atoms with Crippen LogP contribution in [0.1, 0.15) is 25.0 Å². The quantitative estimate of drug-likeness (QED) is 0.876. The Balaban J connectivity index is 2.10. The van der Waals surface area contributed by atoms with E-state index in [2.05, 4.69) is 5.32 Å². The first kappa shape index (κ1) is 13.5. The van der Waals surface area contributed by atoms with Crippen LogP contribution >= 0.6 is 0 Å². The Kier molecular flexibility index (Phi) is 4.04. The molecule has 1 heterocycles. The van der Waals surface area contributed by atoms with Crippen LogP contribution in [-0.4, -0.2) is 31.1 Å². The summed E-state index contributed by atoms with van der Waals surface area (Å²) in [7, 11) is -3.21. The van der Waals surface area contributed by atoms with Crippen LogP contribution in [0.15, 0.2) is 24.3 Å². The zero-order valence-electron chi connectivity index (χ0n) is 10.9. The molecule has 0 amide bonds. The molecule has 0 spiro atoms. The number of sulfonamides is 1. The van der Waals surface area contributed by atoms with E-state index in [-0.39, 0.29) is 5.25 Å². The Hall–Kier alpha value is -0.910. The molecule has 0 bridgehead atoms. The highest BCUT2D eigenvalue weighted by Crippen LogP contribution is 2.26. The van der Waals surface area contributed by atoms with Crippen LogP contribution in [0.25, 0.3) is 0 Å². The summed E-state index contributed by atoms with van der Waals surface area (Å²) in [5.74, 6) is 0. The summed E-state index contributed by atoms with van der Waals surface area (Å²) >= 11 is 0. The van der Waals surface area contributed by atoms with Crippen LogP contribution in [0, 0.1) is 0 Å². The fourth-order valence-electron chi connectivity index (χ4n) is 2.19. The molecule has 1 N–H and O–H groups in total. The van der Waals surface area contributed by atoms with E-state index in [0.717, 1.165) is 17.7 Å². The topological polar surface area (TPSA) is 49.4 Å². The normalized spacial score (nSPS) is 17.7. The van der Waals surface area contributed by atoms with Crippen LogP contribution in [0.2, 0.25) is 0 Å². The van der Waals surface area contributed by atoms with E-state index in [1.165, 1.54) is 0 Å². The SMILES string of the molecule is CCNCC(C)S(=O)(=O)N1Cc2ccccc2C1. The van der Waals surface area contributed by atoms with E-state index < -0.39 is 10.0 Å². The molecule has 1 aliphatic rings. The van der Waals surface area contributed by atoms with Crippen molar-refractivity contribution in [2.24, 2.45) is 0 Å². The van der Waals surface area contributed by atoms with Crippen molar-refractivity contribution in [2.45, 2.75) is 32.2 Å². The molecule has 0 aliphatic carbocycles. The van der Waals surface area contributed by atoms with Crippen LogP contribution in [0.3, 0.4) is 0 Å². The first-order chi connectivity index (χ1) is 8.55. The summed E-state index contributed by atoms with van der Waals surface area (Å²) in [4.78, 5) is 0. The van der Waals surface area contributed by atoms with Crippen molar-refractivity contribution in [1.82, 2.24) is 9.62 Å². The van der Waals surface area contributed by atoms with Gasteiger partial charge in [-0.05, 0) is 24.6 Å². The van der Waals surface area contributed by atoms with Gasteiger partial charge in [0.05, 0.1) is 5.25 Å². The van der Waals surface area contributed by atoms with Gasteiger partial charge < -0.3 is 5.32 Å². The number of fused-ring (bicyclic) bond motifs is 1. The number of nitrogens with one attached hydrogen (secondary N) is 1. The summed E-state index contributed by atoms with van der Waals surface area (Å²) < 4.78 is 26.4. The van der Waals surface area contributed by atoms with Crippen LogP contribution in [0.4, 0.5) is 0 Å². The lowest BCUT2D eigenvalue weighted by atomic mass is 10.1. The van der Waals surface area contributed by atoms with Gasteiger partial charge in [0.25, 0.3) is 0 Å². The summed E-state index contributed by atoms with van der Waals surface area (Å²) in [6.07, 6.45) is 0. The summed E-state index contributed by atoms with van der Waals surface area (Å²) in [5, 5.41) is 2.71. The lowest BCUT2D eigenvalue weighted by Gasteiger charge is -2.21. The minimum Gasteiger partial charge on any atom is -0.316 e. The highest BCUT2D eigenvalue weighted by molar-refractivity contribution is 7.89. The van der Waals surface area contributed by atoms with Gasteiger partial charge in [-0.2, -0.15) is 4.31 Å². The second-order valence-corrected chi connectivity index (χ2v) is 7.05. The standard InChI is InChI=1S/C13H20N2O2S/c1-3-14-8-11(2)18(16,17)15-9-12-6-4-5-7-13(12)10-15/h4-7,11,14H,3,8-10H2,1-2H3. The fraction of sp³-hybridized carbons (Fsp3) is 0.538. The molecule has 0 fully saturated rings. The van der Waals surface area contributed by atoms with Crippen molar-refractivity contribution in [3.05, 3.63) is 35.4 Å². The van der Waals surface area contributed by atoms with E-state index in [1.54, 1.807) is 11.2 Å².